The molecule has 1 aromatic heterocycles. The number of carboxylic acid groups (broad SMARTS) is 1. The van der Waals surface area contributed by atoms with E-state index >= 15 is 0 Å². The number of hydrogen-bond acceptors (Lipinski definition) is 6. The molecule has 0 saturated heterocycles. The number of nitrogens with two attached hydrogens (primary N) is 1. The second-order valence-electron chi connectivity index (χ2n) is 3.38. The van der Waals surface area contributed by atoms with Crippen LogP contribution < -0.4 is 5.73 Å². The molecule has 2 heterocycles. The third kappa shape index (κ3) is 1.96. The Morgan fingerprint density at radius 1 is 1.65 bits per heavy atom. The number of carbonyl (C=O) groups is 1. The largest absolute Gasteiger partial charge is 0.476 e. The van der Waals surface area contributed by atoms with E-state index in [1.165, 1.54) is 6.26 Å². The molecule has 0 aliphatic carbocycles. The van der Waals surface area contributed by atoms with Crippen molar-refractivity contribution in [2.24, 2.45) is 0 Å². The van der Waals surface area contributed by atoms with Crippen molar-refractivity contribution in [1.82, 2.24) is 14.9 Å². The van der Waals surface area contributed by atoms with Crippen molar-refractivity contribution < 1.29 is 14.6 Å². The molecule has 3 N–H and O–H groups in total. The van der Waals surface area contributed by atoms with Gasteiger partial charge in [-0.25, -0.2) is 14.8 Å². The second kappa shape index (κ2) is 4.10. The zero-order chi connectivity index (χ0) is 12.6. The van der Waals surface area contributed by atoms with Gasteiger partial charge >= 0.3 is 5.97 Å². The van der Waals surface area contributed by atoms with Crippen LogP contribution in [0.25, 0.3) is 0 Å². The fraction of sp³-hybridized carbons (Fsp3) is 0.222. The van der Waals surface area contributed by atoms with Crippen LogP contribution in [0.5, 0.6) is 0 Å². The monoisotopic (exact) mass is 256 g/mol. The summed E-state index contributed by atoms with van der Waals surface area (Å²) in [5.74, 6) is -1.47. The van der Waals surface area contributed by atoms with Gasteiger partial charge in [0.1, 0.15) is 12.0 Å². The fourth-order valence-electron chi connectivity index (χ4n) is 1.39. The van der Waals surface area contributed by atoms with E-state index in [1.807, 2.05) is 0 Å². The minimum absolute atomic E-state index is 0.0443. The smallest absolute Gasteiger partial charge is 0.358 e. The van der Waals surface area contributed by atoms with Gasteiger partial charge in [0, 0.05) is 13.2 Å². The van der Waals surface area contributed by atoms with E-state index in [4.69, 9.17) is 27.2 Å². The number of anilines is 1. The number of hydrogen-bond donors (Lipinski definition) is 2. The van der Waals surface area contributed by atoms with Gasteiger partial charge in [0.2, 0.25) is 6.23 Å². The Bertz CT molecular complexity index is 505. The standard InChI is InChI=1S/C9H9ClN4O3/c1-14-2-3-17-8(14)4-6(10)12-5(9(15)16)7(11)13-4/h2-3,8H,1H3,(H2,11,13)(H,15,16). The topological polar surface area (TPSA) is 102 Å². The third-order valence-corrected chi connectivity index (χ3v) is 2.49. The molecule has 0 fully saturated rings. The highest BCUT2D eigenvalue weighted by Gasteiger charge is 2.27. The molecule has 0 radical (unpaired) electrons. The first-order chi connectivity index (χ1) is 8.00. The predicted molar refractivity (Wildman–Crippen MR) is 59.1 cm³/mol. The van der Waals surface area contributed by atoms with Crippen LogP contribution in [0.1, 0.15) is 22.4 Å². The van der Waals surface area contributed by atoms with Crippen LogP contribution in [0.4, 0.5) is 5.82 Å². The van der Waals surface area contributed by atoms with Gasteiger partial charge < -0.3 is 20.5 Å². The van der Waals surface area contributed by atoms with Gasteiger partial charge in [-0.15, -0.1) is 0 Å². The van der Waals surface area contributed by atoms with Crippen LogP contribution in [-0.2, 0) is 4.74 Å². The first-order valence-corrected chi connectivity index (χ1v) is 4.98. The van der Waals surface area contributed by atoms with Gasteiger partial charge in [-0.05, 0) is 0 Å². The van der Waals surface area contributed by atoms with E-state index in [2.05, 4.69) is 9.97 Å². The first-order valence-electron chi connectivity index (χ1n) is 4.61. The zero-order valence-electron chi connectivity index (χ0n) is 8.79. The Hall–Kier alpha value is -2.02. The van der Waals surface area contributed by atoms with Gasteiger partial charge in [0.05, 0.1) is 0 Å². The molecular weight excluding hydrogens is 248 g/mol. The Labute approximate surface area is 101 Å². The number of aromatic carboxylic acids is 1. The minimum atomic E-state index is -1.28. The zero-order valence-corrected chi connectivity index (χ0v) is 9.55. The fourth-order valence-corrected chi connectivity index (χ4v) is 1.61. The lowest BCUT2D eigenvalue weighted by Gasteiger charge is -2.19. The van der Waals surface area contributed by atoms with Crippen molar-refractivity contribution in [3.05, 3.63) is 29.0 Å². The summed E-state index contributed by atoms with van der Waals surface area (Å²) in [5, 5.41) is 8.76. The number of ether oxygens (including phenoxy) is 1. The maximum absolute atomic E-state index is 10.8. The highest BCUT2D eigenvalue weighted by atomic mass is 35.5. The van der Waals surface area contributed by atoms with Crippen LogP contribution in [0.3, 0.4) is 0 Å². The number of aromatic nitrogens is 2. The molecule has 90 valence electrons. The van der Waals surface area contributed by atoms with Gasteiger partial charge in [0.15, 0.2) is 16.7 Å². The Morgan fingerprint density at radius 3 is 2.88 bits per heavy atom. The molecular formula is C9H9ClN4O3. The summed E-state index contributed by atoms with van der Waals surface area (Å²) >= 11 is 5.86. The van der Waals surface area contributed by atoms with E-state index in [0.717, 1.165) is 0 Å². The van der Waals surface area contributed by atoms with E-state index in [9.17, 15) is 4.79 Å². The summed E-state index contributed by atoms with van der Waals surface area (Å²) in [7, 11) is 1.76. The molecule has 1 unspecified atom stereocenters. The van der Waals surface area contributed by atoms with Gasteiger partial charge in [-0.3, -0.25) is 0 Å². The molecule has 0 saturated carbocycles. The van der Waals surface area contributed by atoms with Crippen molar-refractivity contribution in [3.8, 4) is 0 Å². The molecule has 0 bridgehead atoms. The minimum Gasteiger partial charge on any atom is -0.476 e. The van der Waals surface area contributed by atoms with Crippen LogP contribution in [0.2, 0.25) is 5.15 Å². The Kier molecular flexibility index (Phi) is 2.76. The summed E-state index contributed by atoms with van der Waals surface area (Å²) < 4.78 is 5.24. The van der Waals surface area contributed by atoms with Crippen LogP contribution in [-0.4, -0.2) is 33.0 Å². The van der Waals surface area contributed by atoms with Crippen molar-refractivity contribution in [3.63, 3.8) is 0 Å². The average Bonchev–Trinajstić information content (AvgIpc) is 2.67. The maximum Gasteiger partial charge on any atom is 0.358 e. The maximum atomic E-state index is 10.8. The molecule has 0 spiro atoms. The highest BCUT2D eigenvalue weighted by Crippen LogP contribution is 2.29. The Morgan fingerprint density at radius 2 is 2.35 bits per heavy atom. The predicted octanol–water partition coefficient (Wildman–Crippen LogP) is 0.842. The van der Waals surface area contributed by atoms with Crippen molar-refractivity contribution in [1.29, 1.82) is 0 Å². The molecule has 7 nitrogen and oxygen atoms in total. The molecule has 1 aliphatic rings. The lowest BCUT2D eigenvalue weighted by atomic mass is 10.3. The second-order valence-corrected chi connectivity index (χ2v) is 3.74. The normalized spacial score (nSPS) is 18.2. The van der Waals surface area contributed by atoms with E-state index in [-0.39, 0.29) is 22.4 Å². The van der Waals surface area contributed by atoms with Crippen LogP contribution in [0, 0.1) is 0 Å². The summed E-state index contributed by atoms with van der Waals surface area (Å²) in [4.78, 5) is 20.1. The molecule has 8 heteroatoms. The van der Waals surface area contributed by atoms with Crippen LogP contribution in [0.15, 0.2) is 12.5 Å². The van der Waals surface area contributed by atoms with Crippen molar-refractivity contribution in [2.45, 2.75) is 6.23 Å². The first kappa shape index (κ1) is 11.5. The van der Waals surface area contributed by atoms with Crippen molar-refractivity contribution >= 4 is 23.4 Å². The van der Waals surface area contributed by atoms with Crippen molar-refractivity contribution in [2.75, 3.05) is 12.8 Å². The number of carboxylic acids is 1. The average molecular weight is 257 g/mol. The molecule has 17 heavy (non-hydrogen) atoms. The summed E-state index contributed by atoms with van der Waals surface area (Å²) in [6.45, 7) is 0. The summed E-state index contributed by atoms with van der Waals surface area (Å²) in [6.07, 6.45) is 2.62. The molecule has 1 atom stereocenters. The van der Waals surface area contributed by atoms with E-state index in [0.29, 0.717) is 0 Å². The van der Waals surface area contributed by atoms with Gasteiger partial charge in [0.25, 0.3) is 0 Å². The van der Waals surface area contributed by atoms with E-state index < -0.39 is 12.2 Å². The lowest BCUT2D eigenvalue weighted by molar-refractivity contribution is 0.0667. The molecule has 1 aliphatic heterocycles. The number of nitrogen functional groups attached to an aromatic ring is 1. The molecule has 2 rings (SSSR count). The molecule has 0 amide bonds. The number of halogens is 1. The van der Waals surface area contributed by atoms with Gasteiger partial charge in [-0.1, -0.05) is 11.6 Å². The third-order valence-electron chi connectivity index (χ3n) is 2.21. The summed E-state index contributed by atoms with van der Waals surface area (Å²) in [6, 6.07) is 0. The summed E-state index contributed by atoms with van der Waals surface area (Å²) in [5.41, 5.74) is 5.41. The lowest BCUT2D eigenvalue weighted by Crippen LogP contribution is -2.20. The number of nitrogens with zero attached hydrogens (tertiary/aromatic N) is 3. The van der Waals surface area contributed by atoms with E-state index in [1.54, 1.807) is 18.1 Å². The number of rotatable bonds is 2. The Balaban J connectivity index is 2.43. The quantitative estimate of drug-likeness (QED) is 0.808. The van der Waals surface area contributed by atoms with Crippen LogP contribution >= 0.6 is 11.6 Å². The highest BCUT2D eigenvalue weighted by molar-refractivity contribution is 6.30. The SMILES string of the molecule is CN1C=COC1c1nc(N)c(C(=O)O)nc1Cl. The molecule has 1 aromatic rings. The molecule has 0 aromatic carbocycles. The van der Waals surface area contributed by atoms with Gasteiger partial charge in [-0.2, -0.15) is 0 Å².